The van der Waals surface area contributed by atoms with E-state index in [1.807, 2.05) is 6.08 Å². The van der Waals surface area contributed by atoms with Crippen molar-refractivity contribution in [2.75, 3.05) is 13.2 Å². The summed E-state index contributed by atoms with van der Waals surface area (Å²) < 4.78 is 16.8. The van der Waals surface area contributed by atoms with E-state index >= 15 is 0 Å². The zero-order valence-corrected chi connectivity index (χ0v) is 51.7. The Balaban J connectivity index is 4.56. The van der Waals surface area contributed by atoms with Gasteiger partial charge >= 0.3 is 17.9 Å². The van der Waals surface area contributed by atoms with Crippen LogP contribution in [0.5, 0.6) is 0 Å². The molecule has 6 nitrogen and oxygen atoms in total. The largest absolute Gasteiger partial charge is 0.462 e. The molecular formula is C75H116O6. The summed E-state index contributed by atoms with van der Waals surface area (Å²) in [6.07, 6.45) is 101. The Hall–Kier alpha value is -5.49. The summed E-state index contributed by atoms with van der Waals surface area (Å²) in [5, 5.41) is 0. The van der Waals surface area contributed by atoms with Gasteiger partial charge in [0.05, 0.1) is 6.42 Å². The van der Waals surface area contributed by atoms with Gasteiger partial charge in [-0.1, -0.05) is 274 Å². The highest BCUT2D eigenvalue weighted by Crippen LogP contribution is 2.14. The average molecular weight is 1110 g/mol. The number of rotatable bonds is 56. The number of hydrogen-bond donors (Lipinski definition) is 0. The lowest BCUT2D eigenvalue weighted by atomic mass is 10.1. The Labute approximate surface area is 497 Å². The summed E-state index contributed by atoms with van der Waals surface area (Å²) in [6, 6.07) is 0. The van der Waals surface area contributed by atoms with Crippen LogP contribution in [-0.2, 0) is 28.6 Å². The molecule has 0 heterocycles. The quantitative estimate of drug-likeness (QED) is 0.0261. The highest BCUT2D eigenvalue weighted by Gasteiger charge is 2.19. The van der Waals surface area contributed by atoms with Crippen molar-refractivity contribution in [3.63, 3.8) is 0 Å². The minimum absolute atomic E-state index is 0.109. The fraction of sp³-hybridized carbons (Fsp3) is 0.560. The average Bonchev–Trinajstić information content (AvgIpc) is 3.47. The van der Waals surface area contributed by atoms with Crippen LogP contribution in [-0.4, -0.2) is 37.2 Å². The van der Waals surface area contributed by atoms with Crippen LogP contribution in [0.3, 0.4) is 0 Å². The topological polar surface area (TPSA) is 78.9 Å². The molecule has 0 bridgehead atoms. The molecule has 0 amide bonds. The van der Waals surface area contributed by atoms with Crippen molar-refractivity contribution in [3.8, 4) is 0 Å². The van der Waals surface area contributed by atoms with Crippen molar-refractivity contribution in [1.29, 1.82) is 0 Å². The van der Waals surface area contributed by atoms with Crippen molar-refractivity contribution in [2.24, 2.45) is 0 Å². The molecule has 0 aliphatic rings. The molecule has 0 aromatic heterocycles. The van der Waals surface area contributed by atoms with Crippen molar-refractivity contribution < 1.29 is 28.6 Å². The molecule has 81 heavy (non-hydrogen) atoms. The van der Waals surface area contributed by atoms with E-state index in [1.54, 1.807) is 6.08 Å². The van der Waals surface area contributed by atoms with E-state index in [4.69, 9.17) is 14.2 Å². The number of hydrogen-bond acceptors (Lipinski definition) is 6. The Bertz CT molecular complexity index is 1900. The first-order chi connectivity index (χ1) is 40.0. The molecular weight excluding hydrogens is 997 g/mol. The third kappa shape index (κ3) is 65.2. The first-order valence-corrected chi connectivity index (χ1v) is 32.3. The molecule has 0 spiro atoms. The summed E-state index contributed by atoms with van der Waals surface area (Å²) >= 11 is 0. The number of ether oxygens (including phenoxy) is 3. The first kappa shape index (κ1) is 75.5. The van der Waals surface area contributed by atoms with E-state index in [1.165, 1.54) is 83.5 Å². The maximum absolute atomic E-state index is 12.9. The smallest absolute Gasteiger partial charge is 0.309 e. The minimum Gasteiger partial charge on any atom is -0.462 e. The van der Waals surface area contributed by atoms with Crippen LogP contribution in [0.2, 0.25) is 0 Å². The van der Waals surface area contributed by atoms with Gasteiger partial charge < -0.3 is 14.2 Å². The Morgan fingerprint density at radius 1 is 0.272 bits per heavy atom. The van der Waals surface area contributed by atoms with Gasteiger partial charge in [-0.05, 0) is 141 Å². The lowest BCUT2D eigenvalue weighted by molar-refractivity contribution is -0.166. The van der Waals surface area contributed by atoms with Gasteiger partial charge in [0.1, 0.15) is 13.2 Å². The summed E-state index contributed by atoms with van der Waals surface area (Å²) in [5.74, 6) is -1.12. The number of allylic oxidation sites excluding steroid dienone is 29. The van der Waals surface area contributed by atoms with Crippen molar-refractivity contribution in [2.45, 2.75) is 258 Å². The van der Waals surface area contributed by atoms with Gasteiger partial charge in [-0.15, -0.1) is 0 Å². The Morgan fingerprint density at radius 2 is 0.531 bits per heavy atom. The van der Waals surface area contributed by atoms with E-state index in [0.29, 0.717) is 6.42 Å². The molecule has 1 atom stereocenters. The summed E-state index contributed by atoms with van der Waals surface area (Å²) in [6.45, 7) is 6.26. The highest BCUT2D eigenvalue weighted by molar-refractivity contribution is 5.72. The molecule has 0 radical (unpaired) electrons. The fourth-order valence-corrected chi connectivity index (χ4v) is 8.15. The minimum atomic E-state index is -0.851. The Kier molecular flexibility index (Phi) is 62.5. The van der Waals surface area contributed by atoms with Gasteiger partial charge in [-0.3, -0.25) is 14.4 Å². The molecule has 6 heteroatoms. The maximum Gasteiger partial charge on any atom is 0.309 e. The normalized spacial score (nSPS) is 13.4. The van der Waals surface area contributed by atoms with Crippen LogP contribution in [0.15, 0.2) is 182 Å². The van der Waals surface area contributed by atoms with Crippen molar-refractivity contribution in [3.05, 3.63) is 182 Å². The first-order valence-electron chi connectivity index (χ1n) is 32.3. The van der Waals surface area contributed by atoms with Crippen LogP contribution in [0.1, 0.15) is 252 Å². The van der Waals surface area contributed by atoms with Crippen molar-refractivity contribution >= 4 is 17.9 Å². The van der Waals surface area contributed by atoms with Gasteiger partial charge in [0.2, 0.25) is 0 Å². The van der Waals surface area contributed by atoms with E-state index < -0.39 is 12.1 Å². The molecule has 0 saturated carbocycles. The van der Waals surface area contributed by atoms with E-state index in [9.17, 15) is 14.4 Å². The molecule has 452 valence electrons. The van der Waals surface area contributed by atoms with Crippen molar-refractivity contribution in [1.82, 2.24) is 0 Å². The number of carbonyl (C=O) groups is 3. The Morgan fingerprint density at radius 3 is 0.889 bits per heavy atom. The zero-order chi connectivity index (χ0) is 58.5. The monoisotopic (exact) mass is 1110 g/mol. The number of esters is 3. The van der Waals surface area contributed by atoms with Gasteiger partial charge in [0.15, 0.2) is 6.10 Å². The molecule has 0 aromatic carbocycles. The van der Waals surface area contributed by atoms with E-state index in [-0.39, 0.29) is 44.4 Å². The second-order valence-corrected chi connectivity index (χ2v) is 20.6. The van der Waals surface area contributed by atoms with Gasteiger partial charge in [-0.25, -0.2) is 0 Å². The molecule has 0 aliphatic heterocycles. The zero-order valence-electron chi connectivity index (χ0n) is 51.7. The fourth-order valence-electron chi connectivity index (χ4n) is 8.15. The highest BCUT2D eigenvalue weighted by atomic mass is 16.6. The molecule has 0 aromatic rings. The van der Waals surface area contributed by atoms with Crippen LogP contribution in [0.25, 0.3) is 0 Å². The molecule has 0 N–H and O–H groups in total. The molecule has 0 saturated heterocycles. The molecule has 0 fully saturated rings. The van der Waals surface area contributed by atoms with Gasteiger partial charge in [-0.2, -0.15) is 0 Å². The second kappa shape index (κ2) is 67.0. The summed E-state index contributed by atoms with van der Waals surface area (Å²) in [5.41, 5.74) is 0. The van der Waals surface area contributed by atoms with Crippen LogP contribution < -0.4 is 0 Å². The van der Waals surface area contributed by atoms with Crippen LogP contribution in [0.4, 0.5) is 0 Å². The molecule has 0 rings (SSSR count). The predicted molar refractivity (Wildman–Crippen MR) is 352 cm³/mol. The molecule has 0 aliphatic carbocycles. The predicted octanol–water partition coefficient (Wildman–Crippen LogP) is 22.4. The summed E-state index contributed by atoms with van der Waals surface area (Å²) in [4.78, 5) is 38.3. The lowest BCUT2D eigenvalue weighted by Crippen LogP contribution is -2.30. The summed E-state index contributed by atoms with van der Waals surface area (Å²) in [7, 11) is 0. The SMILES string of the molecule is CC/C=C\C/C=C\C/C=C\C/C=C\C/C=C\C/C=C\C/C=C\C/C=C\CCCCC(=O)OCC(COC(=O)C/C=C\C/C=C\C/C=C\C/C=C\C/C=C\CC)OC(=O)CCCCCCCCCCC/C=C\C/C=C\CCCCCCC. The van der Waals surface area contributed by atoms with Crippen LogP contribution in [0, 0.1) is 0 Å². The third-order valence-electron chi connectivity index (χ3n) is 12.9. The standard InChI is InChI=1S/C75H116O6/c1-4-7-10-13-16-19-22-25-28-30-32-34-35-36-37-38-39-41-42-44-47-50-53-56-59-62-65-68-74(77)80-71-72(70-79-73(76)67-64-61-58-55-52-49-46-27-24-21-18-15-12-9-6-3)81-75(78)69-66-63-60-57-54-51-48-45-43-40-33-31-29-26-23-20-17-14-11-8-5-2/h7,9-10,12,16,18-19,21,23,25-28,31-34,36-37,39,41,44,46-47,52-53,55-56,61,64,72H,4-6,8,11,13-15,17,20,22,24,29-30,35,38,40,42-43,45,48-51,54,57-60,62-63,65-71H2,1-3H3/b10-7-,12-9-,19-16-,21-18-,26-23-,28-25-,33-31-,34-32-,37-36-,41-39-,46-27-,47-44-,55-52-,56-53-,64-61-. The number of carbonyl (C=O) groups excluding carboxylic acids is 3. The second-order valence-electron chi connectivity index (χ2n) is 20.6. The van der Waals surface area contributed by atoms with Gasteiger partial charge in [0, 0.05) is 12.8 Å². The maximum atomic E-state index is 12.9. The van der Waals surface area contributed by atoms with Gasteiger partial charge in [0.25, 0.3) is 0 Å². The van der Waals surface area contributed by atoms with Crippen LogP contribution >= 0.6 is 0 Å². The number of unbranched alkanes of at least 4 members (excludes halogenated alkanes) is 16. The molecule has 1 unspecified atom stereocenters. The lowest BCUT2D eigenvalue weighted by Gasteiger charge is -2.18. The van der Waals surface area contributed by atoms with E-state index in [0.717, 1.165) is 122 Å². The third-order valence-corrected chi connectivity index (χ3v) is 12.9. The van der Waals surface area contributed by atoms with E-state index in [2.05, 4.69) is 191 Å².